The Morgan fingerprint density at radius 1 is 1.14 bits per heavy atom. The fourth-order valence-electron chi connectivity index (χ4n) is 3.02. The molecule has 1 saturated heterocycles. The predicted octanol–water partition coefficient (Wildman–Crippen LogP) is 3.19. The van der Waals surface area contributed by atoms with Gasteiger partial charge in [-0.1, -0.05) is 18.6 Å². The largest absolute Gasteiger partial charge is 0.492 e. The van der Waals surface area contributed by atoms with Crippen LogP contribution in [-0.4, -0.2) is 36.7 Å². The Morgan fingerprint density at radius 2 is 1.95 bits per heavy atom. The summed E-state index contributed by atoms with van der Waals surface area (Å²) >= 11 is 0. The van der Waals surface area contributed by atoms with Gasteiger partial charge in [0.2, 0.25) is 0 Å². The van der Waals surface area contributed by atoms with Gasteiger partial charge in [0.05, 0.1) is 0 Å². The number of nitrogens with one attached hydrogen (secondary N) is 1. The maximum absolute atomic E-state index is 5.89. The molecule has 1 atom stereocenters. The van der Waals surface area contributed by atoms with Gasteiger partial charge in [0.15, 0.2) is 0 Å². The van der Waals surface area contributed by atoms with Crippen LogP contribution in [0.15, 0.2) is 24.3 Å². The maximum atomic E-state index is 5.89. The topological polar surface area (TPSA) is 24.5 Å². The molecule has 0 amide bonds. The minimum atomic E-state index is 0.721. The van der Waals surface area contributed by atoms with Crippen LogP contribution in [0.25, 0.3) is 0 Å². The van der Waals surface area contributed by atoms with Crippen molar-refractivity contribution in [2.75, 3.05) is 19.7 Å². The van der Waals surface area contributed by atoms with Crippen molar-refractivity contribution in [2.45, 2.75) is 57.7 Å². The number of hydrogen-bond donors (Lipinski definition) is 1. The minimum Gasteiger partial charge on any atom is -0.492 e. The summed E-state index contributed by atoms with van der Waals surface area (Å²) in [4.78, 5) is 2.55. The van der Waals surface area contributed by atoms with Gasteiger partial charge in [0.25, 0.3) is 0 Å². The zero-order valence-corrected chi connectivity index (χ0v) is 13.2. The zero-order chi connectivity index (χ0) is 14.5. The summed E-state index contributed by atoms with van der Waals surface area (Å²) in [5.74, 6) is 0.995. The highest BCUT2D eigenvalue weighted by Gasteiger charge is 2.20. The fraction of sp³-hybridized carbons (Fsp3) is 0.667. The molecule has 1 aliphatic heterocycles. The molecule has 1 heterocycles. The first kappa shape index (κ1) is 14.9. The van der Waals surface area contributed by atoms with E-state index in [9.17, 15) is 0 Å². The molecule has 1 aromatic carbocycles. The van der Waals surface area contributed by atoms with Crippen LogP contribution in [0.4, 0.5) is 0 Å². The Kier molecular flexibility index (Phi) is 5.15. The first-order valence-corrected chi connectivity index (χ1v) is 8.50. The average molecular weight is 288 g/mol. The normalized spacial score (nSPS) is 23.2. The van der Waals surface area contributed by atoms with Crippen LogP contribution in [0.5, 0.6) is 5.75 Å². The van der Waals surface area contributed by atoms with Gasteiger partial charge in [0.1, 0.15) is 12.4 Å². The molecule has 1 saturated carbocycles. The Bertz CT molecular complexity index is 427. The van der Waals surface area contributed by atoms with Crippen molar-refractivity contribution >= 4 is 0 Å². The molecule has 1 aliphatic carbocycles. The van der Waals surface area contributed by atoms with Gasteiger partial charge >= 0.3 is 0 Å². The summed E-state index contributed by atoms with van der Waals surface area (Å²) in [6.07, 6.45) is 6.75. The molecule has 0 radical (unpaired) electrons. The highest BCUT2D eigenvalue weighted by Crippen LogP contribution is 2.20. The summed E-state index contributed by atoms with van der Waals surface area (Å²) < 4.78 is 5.89. The summed E-state index contributed by atoms with van der Waals surface area (Å²) in [7, 11) is 0. The molecule has 3 heteroatoms. The molecule has 21 heavy (non-hydrogen) atoms. The molecule has 1 aromatic rings. The quantitative estimate of drug-likeness (QED) is 0.834. The zero-order valence-electron chi connectivity index (χ0n) is 13.2. The first-order chi connectivity index (χ1) is 10.3. The van der Waals surface area contributed by atoms with Crippen molar-refractivity contribution < 1.29 is 4.74 Å². The van der Waals surface area contributed by atoms with E-state index in [2.05, 4.69) is 41.4 Å². The number of piperidine rings is 1. The lowest BCUT2D eigenvalue weighted by Gasteiger charge is -2.33. The molecule has 1 unspecified atom stereocenters. The highest BCUT2D eigenvalue weighted by molar-refractivity contribution is 5.27. The van der Waals surface area contributed by atoms with Crippen molar-refractivity contribution in [2.24, 2.45) is 0 Å². The Hall–Kier alpha value is -1.06. The molecule has 0 bridgehead atoms. The lowest BCUT2D eigenvalue weighted by Crippen LogP contribution is -2.39. The van der Waals surface area contributed by atoms with E-state index in [4.69, 9.17) is 4.74 Å². The molecule has 1 N–H and O–H groups in total. The third-order valence-electron chi connectivity index (χ3n) is 4.68. The smallest absolute Gasteiger partial charge is 0.119 e. The van der Waals surface area contributed by atoms with E-state index >= 15 is 0 Å². The third kappa shape index (κ3) is 4.72. The molecule has 2 fully saturated rings. The van der Waals surface area contributed by atoms with Crippen LogP contribution in [-0.2, 0) is 6.54 Å². The van der Waals surface area contributed by atoms with E-state index in [-0.39, 0.29) is 0 Å². The summed E-state index contributed by atoms with van der Waals surface area (Å²) in [5.41, 5.74) is 1.35. The molecule has 3 nitrogen and oxygen atoms in total. The average Bonchev–Trinajstić information content (AvgIpc) is 3.33. The SMILES string of the molecule is CC1CCCCN1CCOc1ccc(CNC2CC2)cc1. The van der Waals surface area contributed by atoms with E-state index in [1.165, 1.54) is 44.2 Å². The van der Waals surface area contributed by atoms with E-state index in [0.29, 0.717) is 0 Å². The number of ether oxygens (including phenoxy) is 1. The highest BCUT2D eigenvalue weighted by atomic mass is 16.5. The number of nitrogens with zero attached hydrogens (tertiary/aromatic N) is 1. The van der Waals surface area contributed by atoms with E-state index in [0.717, 1.165) is 37.5 Å². The number of rotatable bonds is 7. The van der Waals surface area contributed by atoms with Crippen molar-refractivity contribution in [3.05, 3.63) is 29.8 Å². The molecule has 116 valence electrons. The van der Waals surface area contributed by atoms with E-state index in [1.54, 1.807) is 0 Å². The number of benzene rings is 1. The molecule has 3 rings (SSSR count). The van der Waals surface area contributed by atoms with Gasteiger partial charge in [-0.2, -0.15) is 0 Å². The second-order valence-electron chi connectivity index (χ2n) is 6.53. The lowest BCUT2D eigenvalue weighted by atomic mass is 10.0. The van der Waals surface area contributed by atoms with Gasteiger partial charge < -0.3 is 10.1 Å². The van der Waals surface area contributed by atoms with Gasteiger partial charge in [0, 0.05) is 25.2 Å². The van der Waals surface area contributed by atoms with E-state index < -0.39 is 0 Å². The second kappa shape index (κ2) is 7.28. The van der Waals surface area contributed by atoms with Gasteiger partial charge in [-0.15, -0.1) is 0 Å². The first-order valence-electron chi connectivity index (χ1n) is 8.50. The molecule has 0 aromatic heterocycles. The Labute approximate surface area is 128 Å². The van der Waals surface area contributed by atoms with Crippen molar-refractivity contribution in [1.29, 1.82) is 0 Å². The predicted molar refractivity (Wildman–Crippen MR) is 86.7 cm³/mol. The molecule has 0 spiro atoms. The van der Waals surface area contributed by atoms with Gasteiger partial charge in [-0.25, -0.2) is 0 Å². The van der Waals surface area contributed by atoms with Crippen LogP contribution in [0, 0.1) is 0 Å². The van der Waals surface area contributed by atoms with Crippen LogP contribution in [0.2, 0.25) is 0 Å². The van der Waals surface area contributed by atoms with Crippen molar-refractivity contribution in [1.82, 2.24) is 10.2 Å². The molecule has 2 aliphatic rings. The monoisotopic (exact) mass is 288 g/mol. The summed E-state index contributed by atoms with van der Waals surface area (Å²) in [6, 6.07) is 10.0. The Balaban J connectivity index is 1.38. The summed E-state index contributed by atoms with van der Waals surface area (Å²) in [5, 5.41) is 3.54. The van der Waals surface area contributed by atoms with Crippen LogP contribution >= 0.6 is 0 Å². The molecular weight excluding hydrogens is 260 g/mol. The standard InChI is InChI=1S/C18H28N2O/c1-15-4-2-3-11-20(15)12-13-21-18-9-5-16(6-10-18)14-19-17-7-8-17/h5-6,9-10,15,17,19H,2-4,7-8,11-14H2,1H3. The second-order valence-corrected chi connectivity index (χ2v) is 6.53. The van der Waals surface area contributed by atoms with Gasteiger partial charge in [-0.05, 0) is 56.8 Å². The van der Waals surface area contributed by atoms with Crippen molar-refractivity contribution in [3.63, 3.8) is 0 Å². The Morgan fingerprint density at radius 3 is 2.67 bits per heavy atom. The number of hydrogen-bond acceptors (Lipinski definition) is 3. The summed E-state index contributed by atoms with van der Waals surface area (Å²) in [6.45, 7) is 6.39. The van der Waals surface area contributed by atoms with Crippen LogP contribution in [0.1, 0.15) is 44.6 Å². The van der Waals surface area contributed by atoms with Crippen molar-refractivity contribution in [3.8, 4) is 5.75 Å². The lowest BCUT2D eigenvalue weighted by molar-refractivity contribution is 0.133. The van der Waals surface area contributed by atoms with Gasteiger partial charge in [-0.3, -0.25) is 4.90 Å². The van der Waals surface area contributed by atoms with E-state index in [1.807, 2.05) is 0 Å². The fourth-order valence-corrected chi connectivity index (χ4v) is 3.02. The molecular formula is C18H28N2O. The van der Waals surface area contributed by atoms with Crippen LogP contribution in [0.3, 0.4) is 0 Å². The maximum Gasteiger partial charge on any atom is 0.119 e. The third-order valence-corrected chi connectivity index (χ3v) is 4.68. The minimum absolute atomic E-state index is 0.721. The number of likely N-dealkylation sites (tertiary alicyclic amines) is 1. The van der Waals surface area contributed by atoms with Crippen LogP contribution < -0.4 is 10.1 Å².